The van der Waals surface area contributed by atoms with Gasteiger partial charge in [-0.3, -0.25) is 0 Å². The lowest BCUT2D eigenvalue weighted by atomic mass is 10.1. The third kappa shape index (κ3) is 3.18. The molecule has 1 fully saturated rings. The number of carboxylic acid groups (broad SMARTS) is 1. The van der Waals surface area contributed by atoms with Crippen molar-refractivity contribution in [3.8, 4) is 0 Å². The average molecular weight is 156 g/mol. The zero-order chi connectivity index (χ0) is 8.10. The van der Waals surface area contributed by atoms with Gasteiger partial charge in [0.15, 0.2) is 0 Å². The van der Waals surface area contributed by atoms with Crippen molar-refractivity contribution in [1.82, 2.24) is 0 Å². The normalized spacial score (nSPS) is 23.1. The molecule has 1 aliphatic rings. The van der Waals surface area contributed by atoms with E-state index in [0.717, 1.165) is 31.4 Å². The van der Waals surface area contributed by atoms with Gasteiger partial charge in [-0.25, -0.2) is 4.79 Å². The molecule has 1 saturated heterocycles. The Morgan fingerprint density at radius 2 is 2.27 bits per heavy atom. The summed E-state index contributed by atoms with van der Waals surface area (Å²) in [6.45, 7) is 1.43. The molecule has 0 radical (unpaired) electrons. The van der Waals surface area contributed by atoms with E-state index >= 15 is 0 Å². The molecule has 62 valence electrons. The average Bonchev–Trinajstić information content (AvgIpc) is 2.14. The first-order chi connectivity index (χ1) is 5.29. The van der Waals surface area contributed by atoms with Crippen LogP contribution in [0.3, 0.4) is 0 Å². The first kappa shape index (κ1) is 8.27. The minimum Gasteiger partial charge on any atom is -0.478 e. The van der Waals surface area contributed by atoms with Crippen molar-refractivity contribution in [2.45, 2.75) is 19.3 Å². The fraction of sp³-hybridized carbons (Fsp3) is 0.625. The smallest absolute Gasteiger partial charge is 0.328 e. The van der Waals surface area contributed by atoms with E-state index in [2.05, 4.69) is 0 Å². The summed E-state index contributed by atoms with van der Waals surface area (Å²) in [5, 5.41) is 8.44. The molecule has 0 aliphatic carbocycles. The van der Waals surface area contributed by atoms with E-state index in [-0.39, 0.29) is 0 Å². The number of carboxylic acids is 1. The summed E-state index contributed by atoms with van der Waals surface area (Å²) in [7, 11) is 0. The van der Waals surface area contributed by atoms with Crippen LogP contribution in [0.2, 0.25) is 0 Å². The maximum atomic E-state index is 10.3. The highest BCUT2D eigenvalue weighted by atomic mass is 16.5. The molecule has 1 aliphatic heterocycles. The van der Waals surface area contributed by atoms with Gasteiger partial charge in [0.2, 0.25) is 0 Å². The standard InChI is InChI=1S/C8H12O3/c9-8(10)6-7-2-1-4-11-5-3-7/h6H,1-5H2,(H,9,10)/b7-6-. The predicted octanol–water partition coefficient (Wildman–Crippen LogP) is 1.20. The van der Waals surface area contributed by atoms with E-state index in [1.54, 1.807) is 0 Å². The Kier molecular flexibility index (Phi) is 3.11. The van der Waals surface area contributed by atoms with Crippen molar-refractivity contribution in [2.75, 3.05) is 13.2 Å². The summed E-state index contributed by atoms with van der Waals surface area (Å²) >= 11 is 0. The van der Waals surface area contributed by atoms with Crippen LogP contribution < -0.4 is 0 Å². The lowest BCUT2D eigenvalue weighted by Crippen LogP contribution is -1.93. The number of hydrogen-bond donors (Lipinski definition) is 1. The van der Waals surface area contributed by atoms with E-state index in [4.69, 9.17) is 9.84 Å². The van der Waals surface area contributed by atoms with Crippen LogP contribution in [0.15, 0.2) is 11.6 Å². The second kappa shape index (κ2) is 4.13. The van der Waals surface area contributed by atoms with Crippen LogP contribution in [0, 0.1) is 0 Å². The van der Waals surface area contributed by atoms with E-state index in [1.165, 1.54) is 6.08 Å². The van der Waals surface area contributed by atoms with Crippen LogP contribution in [0.1, 0.15) is 19.3 Å². The van der Waals surface area contributed by atoms with Gasteiger partial charge >= 0.3 is 5.97 Å². The minimum atomic E-state index is -0.845. The third-order valence-corrected chi connectivity index (χ3v) is 1.68. The predicted molar refractivity (Wildman–Crippen MR) is 40.4 cm³/mol. The molecule has 11 heavy (non-hydrogen) atoms. The fourth-order valence-corrected chi connectivity index (χ4v) is 1.15. The molecule has 0 saturated carbocycles. The molecule has 0 amide bonds. The van der Waals surface area contributed by atoms with E-state index in [1.807, 2.05) is 0 Å². The van der Waals surface area contributed by atoms with Gasteiger partial charge in [-0.15, -0.1) is 0 Å². The molecule has 3 heteroatoms. The van der Waals surface area contributed by atoms with Gasteiger partial charge in [-0.1, -0.05) is 5.57 Å². The second-order valence-electron chi connectivity index (χ2n) is 2.61. The van der Waals surface area contributed by atoms with Crippen LogP contribution in [0.4, 0.5) is 0 Å². The minimum absolute atomic E-state index is 0.666. The van der Waals surface area contributed by atoms with Crippen molar-refractivity contribution in [3.05, 3.63) is 11.6 Å². The topological polar surface area (TPSA) is 46.5 Å². The van der Waals surface area contributed by atoms with E-state index < -0.39 is 5.97 Å². The summed E-state index contributed by atoms with van der Waals surface area (Å²) in [5.74, 6) is -0.845. The fourth-order valence-electron chi connectivity index (χ4n) is 1.15. The lowest BCUT2D eigenvalue weighted by molar-refractivity contribution is -0.131. The van der Waals surface area contributed by atoms with Crippen molar-refractivity contribution in [1.29, 1.82) is 0 Å². The number of hydrogen-bond acceptors (Lipinski definition) is 2. The Bertz CT molecular complexity index is 162. The highest BCUT2D eigenvalue weighted by Crippen LogP contribution is 2.13. The summed E-state index contributed by atoms with van der Waals surface area (Å²) in [6, 6.07) is 0. The Balaban J connectivity index is 2.48. The summed E-state index contributed by atoms with van der Waals surface area (Å²) < 4.78 is 5.17. The first-order valence-corrected chi connectivity index (χ1v) is 3.79. The van der Waals surface area contributed by atoms with E-state index in [0.29, 0.717) is 6.61 Å². The first-order valence-electron chi connectivity index (χ1n) is 3.79. The van der Waals surface area contributed by atoms with Crippen LogP contribution >= 0.6 is 0 Å². The molecule has 1 rings (SSSR count). The highest BCUT2D eigenvalue weighted by molar-refractivity contribution is 5.80. The van der Waals surface area contributed by atoms with Crippen molar-refractivity contribution < 1.29 is 14.6 Å². The SMILES string of the molecule is O=C(O)/C=C1/CCCOCC1. The van der Waals surface area contributed by atoms with E-state index in [9.17, 15) is 4.79 Å². The van der Waals surface area contributed by atoms with Gasteiger partial charge in [0, 0.05) is 12.7 Å². The molecule has 0 aromatic carbocycles. The van der Waals surface area contributed by atoms with Crippen molar-refractivity contribution >= 4 is 5.97 Å². The van der Waals surface area contributed by atoms with Crippen LogP contribution in [0.5, 0.6) is 0 Å². The summed E-state index contributed by atoms with van der Waals surface area (Å²) in [5.41, 5.74) is 0.995. The molecule has 1 heterocycles. The molecule has 0 aromatic heterocycles. The molecule has 1 N–H and O–H groups in total. The zero-order valence-electron chi connectivity index (χ0n) is 6.38. The maximum Gasteiger partial charge on any atom is 0.328 e. The monoisotopic (exact) mass is 156 g/mol. The number of carbonyl (C=O) groups is 1. The lowest BCUT2D eigenvalue weighted by Gasteiger charge is -1.97. The highest BCUT2D eigenvalue weighted by Gasteiger charge is 2.05. The van der Waals surface area contributed by atoms with Crippen molar-refractivity contribution in [3.63, 3.8) is 0 Å². The van der Waals surface area contributed by atoms with Gasteiger partial charge in [0.05, 0.1) is 6.61 Å². The third-order valence-electron chi connectivity index (χ3n) is 1.68. The Labute approximate surface area is 65.7 Å². The number of rotatable bonds is 1. The molecular formula is C8H12O3. The van der Waals surface area contributed by atoms with Gasteiger partial charge in [-0.2, -0.15) is 0 Å². The van der Waals surface area contributed by atoms with Crippen LogP contribution in [-0.2, 0) is 9.53 Å². The van der Waals surface area contributed by atoms with Gasteiger partial charge < -0.3 is 9.84 Å². The van der Waals surface area contributed by atoms with Gasteiger partial charge in [-0.05, 0) is 19.3 Å². The Morgan fingerprint density at radius 1 is 1.45 bits per heavy atom. The number of ether oxygens (including phenoxy) is 1. The number of aliphatic carboxylic acids is 1. The van der Waals surface area contributed by atoms with Crippen molar-refractivity contribution in [2.24, 2.45) is 0 Å². The maximum absolute atomic E-state index is 10.3. The largest absolute Gasteiger partial charge is 0.478 e. The molecule has 0 unspecified atom stereocenters. The molecule has 0 aromatic rings. The van der Waals surface area contributed by atoms with Gasteiger partial charge in [0.25, 0.3) is 0 Å². The molecule has 0 spiro atoms. The second-order valence-corrected chi connectivity index (χ2v) is 2.61. The quantitative estimate of drug-likeness (QED) is 0.580. The Hall–Kier alpha value is -0.830. The summed E-state index contributed by atoms with van der Waals surface area (Å²) in [6.07, 6.45) is 3.88. The van der Waals surface area contributed by atoms with Gasteiger partial charge in [0.1, 0.15) is 0 Å². The Morgan fingerprint density at radius 3 is 3.00 bits per heavy atom. The zero-order valence-corrected chi connectivity index (χ0v) is 6.38. The van der Waals surface area contributed by atoms with Crippen LogP contribution in [0.25, 0.3) is 0 Å². The molecule has 0 bridgehead atoms. The van der Waals surface area contributed by atoms with Crippen LogP contribution in [-0.4, -0.2) is 24.3 Å². The summed E-state index contributed by atoms with van der Waals surface area (Å²) in [4.78, 5) is 10.3. The molecule has 3 nitrogen and oxygen atoms in total. The molecular weight excluding hydrogens is 144 g/mol. The molecule has 0 atom stereocenters.